The normalized spacial score (nSPS) is 18.8. The molecule has 0 saturated carbocycles. The average molecular weight is 603 g/mol. The first-order valence-electron chi connectivity index (χ1n) is 14.1. The topological polar surface area (TPSA) is 186 Å². The molecule has 3 heterocycles. The Balaban J connectivity index is 1.78. The Kier molecular flexibility index (Phi) is 8.36. The van der Waals surface area contributed by atoms with Crippen LogP contribution in [0.15, 0.2) is 69.5 Å². The van der Waals surface area contributed by atoms with Crippen LogP contribution in [0, 0.1) is 5.92 Å². The summed E-state index contributed by atoms with van der Waals surface area (Å²) in [5.74, 6) is -1.37. The van der Waals surface area contributed by atoms with E-state index in [0.29, 0.717) is 17.0 Å². The number of nitrogens with two attached hydrogens (primary N) is 1. The minimum absolute atomic E-state index is 0.0421. The molecule has 2 aromatic heterocycles. The van der Waals surface area contributed by atoms with E-state index in [1.54, 1.807) is 57.3 Å². The molecule has 6 N–H and O–H groups in total. The fraction of sp³-hybridized carbons (Fsp3) is 0.303. The van der Waals surface area contributed by atoms with Crippen molar-refractivity contribution in [3.05, 3.63) is 87.4 Å². The number of nitrogens with zero attached hydrogens (tertiary/aromatic N) is 1. The first-order chi connectivity index (χ1) is 21.0. The number of carbonyl (C=O) groups is 1. The molecule has 0 bridgehead atoms. The fourth-order valence-corrected chi connectivity index (χ4v) is 5.57. The number of phenolic OH excluding ortho intramolecular Hbond substituents is 2. The highest BCUT2D eigenvalue weighted by Crippen LogP contribution is 2.52. The SMILES string of the molecule is CC=C(C)C(=O)OC1Cc2c(c(-c3cccc(O)c3)c3oc(CO)cc(=O)c3c2O)OC1(C)C(CO)Cc1ccc(N)nc1. The zero-order chi connectivity index (χ0) is 31.8. The van der Waals surface area contributed by atoms with Crippen LogP contribution in [-0.4, -0.2) is 49.7 Å². The van der Waals surface area contributed by atoms with Gasteiger partial charge in [-0.1, -0.05) is 24.3 Å². The summed E-state index contributed by atoms with van der Waals surface area (Å²) in [6.45, 7) is 4.06. The molecule has 1 aliphatic heterocycles. The van der Waals surface area contributed by atoms with Crippen LogP contribution in [-0.2, 0) is 29.0 Å². The van der Waals surface area contributed by atoms with Crippen LogP contribution in [0.25, 0.3) is 22.1 Å². The number of rotatable bonds is 8. The summed E-state index contributed by atoms with van der Waals surface area (Å²) in [4.78, 5) is 30.5. The Morgan fingerprint density at radius 3 is 2.64 bits per heavy atom. The number of phenols is 2. The minimum atomic E-state index is -1.40. The lowest BCUT2D eigenvalue weighted by molar-refractivity contribution is -0.166. The number of aliphatic hydroxyl groups excluding tert-OH is 2. The summed E-state index contributed by atoms with van der Waals surface area (Å²) in [6.07, 6.45) is 2.35. The number of carbonyl (C=O) groups excluding carboxylic acids is 1. The number of allylic oxidation sites excluding steroid dienone is 1. The van der Waals surface area contributed by atoms with E-state index in [9.17, 15) is 30.0 Å². The molecule has 11 nitrogen and oxygen atoms in total. The maximum atomic E-state index is 13.3. The van der Waals surface area contributed by atoms with Crippen molar-refractivity contribution in [2.24, 2.45) is 5.92 Å². The number of aliphatic hydroxyl groups is 2. The molecule has 5 rings (SSSR count). The molecule has 230 valence electrons. The zero-order valence-electron chi connectivity index (χ0n) is 24.5. The summed E-state index contributed by atoms with van der Waals surface area (Å²) in [6, 6.07) is 10.7. The molecule has 0 radical (unpaired) electrons. The first kappa shape index (κ1) is 30.6. The highest BCUT2D eigenvalue weighted by atomic mass is 16.6. The van der Waals surface area contributed by atoms with Gasteiger partial charge in [0.15, 0.2) is 11.0 Å². The molecule has 0 amide bonds. The number of aromatic hydroxyl groups is 2. The number of fused-ring (bicyclic) bond motifs is 2. The van der Waals surface area contributed by atoms with Crippen molar-refractivity contribution >= 4 is 22.8 Å². The Bertz CT molecular complexity index is 1810. The van der Waals surface area contributed by atoms with Gasteiger partial charge in [0.05, 0.1) is 12.2 Å². The molecule has 0 saturated heterocycles. The average Bonchev–Trinajstić information content (AvgIpc) is 3.00. The summed E-state index contributed by atoms with van der Waals surface area (Å²) >= 11 is 0. The Morgan fingerprint density at radius 2 is 2.00 bits per heavy atom. The van der Waals surface area contributed by atoms with E-state index in [2.05, 4.69) is 4.98 Å². The number of pyridine rings is 1. The first-order valence-corrected chi connectivity index (χ1v) is 14.1. The molecule has 3 atom stereocenters. The van der Waals surface area contributed by atoms with Crippen LogP contribution < -0.4 is 15.9 Å². The van der Waals surface area contributed by atoms with Gasteiger partial charge in [-0.05, 0) is 56.5 Å². The van der Waals surface area contributed by atoms with Crippen LogP contribution in [0.4, 0.5) is 5.82 Å². The smallest absolute Gasteiger partial charge is 0.333 e. The number of anilines is 1. The largest absolute Gasteiger partial charge is 0.508 e. The number of benzene rings is 2. The van der Waals surface area contributed by atoms with Gasteiger partial charge in [0, 0.05) is 35.7 Å². The molecule has 11 heteroatoms. The van der Waals surface area contributed by atoms with Crippen molar-refractivity contribution in [2.75, 3.05) is 12.3 Å². The highest BCUT2D eigenvalue weighted by Gasteiger charge is 2.51. The van der Waals surface area contributed by atoms with Crippen molar-refractivity contribution in [3.8, 4) is 28.4 Å². The van der Waals surface area contributed by atoms with E-state index in [-0.39, 0.29) is 58.8 Å². The second-order valence-corrected chi connectivity index (χ2v) is 11.1. The van der Waals surface area contributed by atoms with Crippen molar-refractivity contribution in [3.63, 3.8) is 0 Å². The van der Waals surface area contributed by atoms with Crippen molar-refractivity contribution in [1.82, 2.24) is 4.98 Å². The van der Waals surface area contributed by atoms with E-state index < -0.39 is 41.4 Å². The van der Waals surface area contributed by atoms with Crippen molar-refractivity contribution in [1.29, 1.82) is 0 Å². The monoisotopic (exact) mass is 602 g/mol. The fourth-order valence-electron chi connectivity index (χ4n) is 5.57. The number of nitrogen functional groups attached to an aromatic ring is 1. The van der Waals surface area contributed by atoms with Gasteiger partial charge in [-0.25, -0.2) is 9.78 Å². The Morgan fingerprint density at radius 1 is 1.23 bits per heavy atom. The van der Waals surface area contributed by atoms with Gasteiger partial charge in [0.25, 0.3) is 0 Å². The molecular formula is C33H34N2O9. The predicted octanol–water partition coefficient (Wildman–Crippen LogP) is 3.76. The molecule has 0 fully saturated rings. The molecule has 4 aromatic rings. The molecular weight excluding hydrogens is 568 g/mol. The van der Waals surface area contributed by atoms with Gasteiger partial charge >= 0.3 is 5.97 Å². The van der Waals surface area contributed by atoms with Gasteiger partial charge in [-0.15, -0.1) is 0 Å². The number of hydrogen-bond acceptors (Lipinski definition) is 11. The zero-order valence-corrected chi connectivity index (χ0v) is 24.5. The predicted molar refractivity (Wildman–Crippen MR) is 162 cm³/mol. The van der Waals surface area contributed by atoms with E-state index in [1.165, 1.54) is 12.1 Å². The van der Waals surface area contributed by atoms with Crippen molar-refractivity contribution in [2.45, 2.75) is 51.9 Å². The van der Waals surface area contributed by atoms with Crippen LogP contribution in [0.5, 0.6) is 17.2 Å². The summed E-state index contributed by atoms with van der Waals surface area (Å²) in [5, 5.41) is 42.2. The number of aromatic nitrogens is 1. The lowest BCUT2D eigenvalue weighted by atomic mass is 9.76. The standard InChI is InChI=1S/C33H34N2O9/c1-4-17(2)32(41)43-25-13-23-29(40)28-24(39)12-22(16-37)42-31(28)27(19-6-5-7-21(38)11-19)30(23)44-33(25,3)20(15-36)10-18-8-9-26(34)35-14-18/h4-9,11-12,14,20,25,36-38,40H,10,13,15-16H2,1-3H3,(H2,34,35). The van der Waals surface area contributed by atoms with Crippen LogP contribution in [0.2, 0.25) is 0 Å². The Labute approximate surface area is 252 Å². The van der Waals surface area contributed by atoms with Crippen LogP contribution >= 0.6 is 0 Å². The second kappa shape index (κ2) is 12.0. The van der Waals surface area contributed by atoms with E-state index in [0.717, 1.165) is 11.6 Å². The lowest BCUT2D eigenvalue weighted by Crippen LogP contribution is -2.57. The summed E-state index contributed by atoms with van der Waals surface area (Å²) < 4.78 is 18.7. The second-order valence-electron chi connectivity index (χ2n) is 11.1. The van der Waals surface area contributed by atoms with Gasteiger partial charge in [0.1, 0.15) is 52.5 Å². The molecule has 1 aliphatic rings. The molecule has 3 unspecified atom stereocenters. The third kappa shape index (κ3) is 5.47. The van der Waals surface area contributed by atoms with Crippen molar-refractivity contribution < 1.29 is 39.1 Å². The van der Waals surface area contributed by atoms with Gasteiger partial charge < -0.3 is 40.1 Å². The molecule has 2 aromatic carbocycles. The van der Waals surface area contributed by atoms with E-state index in [1.807, 2.05) is 0 Å². The minimum Gasteiger partial charge on any atom is -0.508 e. The van der Waals surface area contributed by atoms with E-state index >= 15 is 0 Å². The molecule has 0 aliphatic carbocycles. The van der Waals surface area contributed by atoms with E-state index in [4.69, 9.17) is 19.6 Å². The van der Waals surface area contributed by atoms with Gasteiger partial charge in [-0.2, -0.15) is 0 Å². The third-order valence-electron chi connectivity index (χ3n) is 8.26. The lowest BCUT2D eigenvalue weighted by Gasteiger charge is -2.46. The van der Waals surface area contributed by atoms with Crippen LogP contribution in [0.1, 0.15) is 37.7 Å². The highest BCUT2D eigenvalue weighted by molar-refractivity contribution is 6.01. The number of hydrogen-bond donors (Lipinski definition) is 5. The summed E-state index contributed by atoms with van der Waals surface area (Å²) in [5.41, 5.74) is 5.62. The molecule has 44 heavy (non-hydrogen) atoms. The quantitative estimate of drug-likeness (QED) is 0.146. The van der Waals surface area contributed by atoms with Gasteiger partial charge in [-0.3, -0.25) is 4.79 Å². The number of esters is 1. The summed E-state index contributed by atoms with van der Waals surface area (Å²) in [7, 11) is 0. The third-order valence-corrected chi connectivity index (χ3v) is 8.26. The van der Waals surface area contributed by atoms with Crippen LogP contribution in [0.3, 0.4) is 0 Å². The number of ether oxygens (including phenoxy) is 2. The maximum Gasteiger partial charge on any atom is 0.333 e. The van der Waals surface area contributed by atoms with Gasteiger partial charge in [0.2, 0.25) is 0 Å². The maximum absolute atomic E-state index is 13.3. The Hall–Kier alpha value is -4.87. The molecule has 0 spiro atoms.